The van der Waals surface area contributed by atoms with Gasteiger partial charge < -0.3 is 4.90 Å². The fourth-order valence-corrected chi connectivity index (χ4v) is 3.50. The third kappa shape index (κ3) is 4.00. The predicted molar refractivity (Wildman–Crippen MR) is 93.2 cm³/mol. The van der Waals surface area contributed by atoms with Crippen molar-refractivity contribution in [1.82, 2.24) is 4.90 Å². The van der Waals surface area contributed by atoms with Gasteiger partial charge in [0.2, 0.25) is 5.91 Å². The third-order valence-corrected chi connectivity index (χ3v) is 4.80. The molecule has 2 atom stereocenters. The predicted octanol–water partition coefficient (Wildman–Crippen LogP) is 4.86. The first-order chi connectivity index (χ1) is 10.7. The van der Waals surface area contributed by atoms with Crippen LogP contribution in [0.1, 0.15) is 46.0 Å². The minimum Gasteiger partial charge on any atom is -0.316 e. The Morgan fingerprint density at radius 1 is 1.09 bits per heavy atom. The number of amides is 1. The summed E-state index contributed by atoms with van der Waals surface area (Å²) in [5.41, 5.74) is 1.04. The minimum atomic E-state index is 0.224. The smallest absolute Gasteiger partial charge is 0.229 e. The van der Waals surface area contributed by atoms with Crippen molar-refractivity contribution in [2.75, 3.05) is 7.05 Å². The van der Waals surface area contributed by atoms with Crippen LogP contribution in [0, 0.1) is 17.8 Å². The number of hydrogen-bond donors (Lipinski definition) is 0. The average molecular weight is 299 g/mol. The highest BCUT2D eigenvalue weighted by molar-refractivity contribution is 5.81. The summed E-state index contributed by atoms with van der Waals surface area (Å²) in [6.07, 6.45) is 21.0. The number of hydrogen-bond acceptors (Lipinski definition) is 1. The summed E-state index contributed by atoms with van der Waals surface area (Å²) in [6.45, 7) is 4.11. The number of carbonyl (C=O) groups excluding carboxylic acids is 1. The second-order valence-corrected chi connectivity index (χ2v) is 6.39. The van der Waals surface area contributed by atoms with Gasteiger partial charge in [-0.05, 0) is 32.8 Å². The summed E-state index contributed by atoms with van der Waals surface area (Å²) in [4.78, 5) is 14.6. The molecule has 0 saturated heterocycles. The van der Waals surface area contributed by atoms with E-state index in [1.807, 2.05) is 11.9 Å². The Balaban J connectivity index is 2.11. The van der Waals surface area contributed by atoms with E-state index in [0.29, 0.717) is 17.7 Å². The van der Waals surface area contributed by atoms with Crippen LogP contribution in [0.5, 0.6) is 0 Å². The lowest BCUT2D eigenvalue weighted by Crippen LogP contribution is -2.34. The van der Waals surface area contributed by atoms with Crippen LogP contribution in [0.15, 0.2) is 48.2 Å². The lowest BCUT2D eigenvalue weighted by molar-refractivity contribution is -0.133. The molecule has 120 valence electrons. The maximum atomic E-state index is 12.7. The maximum absolute atomic E-state index is 12.7. The van der Waals surface area contributed by atoms with Gasteiger partial charge in [0.1, 0.15) is 0 Å². The summed E-state index contributed by atoms with van der Waals surface area (Å²) in [5.74, 6) is 1.24. The van der Waals surface area contributed by atoms with E-state index in [2.05, 4.69) is 56.4 Å². The summed E-state index contributed by atoms with van der Waals surface area (Å²) in [6, 6.07) is 0. The molecule has 0 aromatic heterocycles. The molecule has 2 heteroatoms. The number of likely N-dealkylation sites (N-methyl/N-ethyl adjacent to an activating group) is 1. The molecule has 2 aliphatic rings. The Morgan fingerprint density at radius 2 is 1.73 bits per heavy atom. The highest BCUT2D eigenvalue weighted by atomic mass is 16.2. The molecule has 1 saturated carbocycles. The summed E-state index contributed by atoms with van der Waals surface area (Å²) >= 11 is 0. The SMILES string of the molecule is C/C=C\C1C=CC(N(C)C(=O)C2CCCCC2)=CC1/C=C\C. The van der Waals surface area contributed by atoms with Crippen molar-refractivity contribution in [1.29, 1.82) is 0 Å². The number of allylic oxidation sites excluding steroid dienone is 7. The van der Waals surface area contributed by atoms with Crippen LogP contribution in [-0.4, -0.2) is 17.9 Å². The zero-order valence-electron chi connectivity index (χ0n) is 14.2. The zero-order chi connectivity index (χ0) is 15.9. The molecule has 22 heavy (non-hydrogen) atoms. The highest BCUT2D eigenvalue weighted by Gasteiger charge is 2.26. The molecular weight excluding hydrogens is 270 g/mol. The van der Waals surface area contributed by atoms with Crippen molar-refractivity contribution < 1.29 is 4.79 Å². The van der Waals surface area contributed by atoms with Gasteiger partial charge in [-0.25, -0.2) is 0 Å². The van der Waals surface area contributed by atoms with Gasteiger partial charge in [0.05, 0.1) is 0 Å². The first-order valence-corrected chi connectivity index (χ1v) is 8.60. The Hall–Kier alpha value is -1.57. The molecule has 0 bridgehead atoms. The van der Waals surface area contributed by atoms with Crippen molar-refractivity contribution in [3.63, 3.8) is 0 Å². The quantitative estimate of drug-likeness (QED) is 0.679. The van der Waals surface area contributed by atoms with Gasteiger partial charge in [0.25, 0.3) is 0 Å². The van der Waals surface area contributed by atoms with Crippen molar-refractivity contribution in [3.05, 3.63) is 48.2 Å². The van der Waals surface area contributed by atoms with E-state index in [1.54, 1.807) is 0 Å². The molecule has 2 nitrogen and oxygen atoms in total. The van der Waals surface area contributed by atoms with Gasteiger partial charge in [0.15, 0.2) is 0 Å². The van der Waals surface area contributed by atoms with Crippen LogP contribution in [0.2, 0.25) is 0 Å². The molecular formula is C20H29NO. The van der Waals surface area contributed by atoms with E-state index in [1.165, 1.54) is 19.3 Å². The number of nitrogens with zero attached hydrogens (tertiary/aromatic N) is 1. The van der Waals surface area contributed by atoms with E-state index >= 15 is 0 Å². The van der Waals surface area contributed by atoms with Crippen LogP contribution in [0.3, 0.4) is 0 Å². The van der Waals surface area contributed by atoms with Gasteiger partial charge in [-0.15, -0.1) is 0 Å². The summed E-state index contributed by atoms with van der Waals surface area (Å²) in [7, 11) is 1.93. The molecule has 0 aliphatic heterocycles. The molecule has 2 unspecified atom stereocenters. The minimum absolute atomic E-state index is 0.224. The van der Waals surface area contributed by atoms with Crippen molar-refractivity contribution in [3.8, 4) is 0 Å². The van der Waals surface area contributed by atoms with E-state index < -0.39 is 0 Å². The zero-order valence-corrected chi connectivity index (χ0v) is 14.2. The second-order valence-electron chi connectivity index (χ2n) is 6.39. The molecule has 2 aliphatic carbocycles. The highest BCUT2D eigenvalue weighted by Crippen LogP contribution is 2.30. The molecule has 1 fully saturated rings. The van der Waals surface area contributed by atoms with Crippen LogP contribution < -0.4 is 0 Å². The van der Waals surface area contributed by atoms with Crippen LogP contribution >= 0.6 is 0 Å². The molecule has 0 radical (unpaired) electrons. The second kappa shape index (κ2) is 8.17. The first-order valence-electron chi connectivity index (χ1n) is 8.60. The van der Waals surface area contributed by atoms with E-state index in [9.17, 15) is 4.79 Å². The van der Waals surface area contributed by atoms with Gasteiger partial charge in [-0.2, -0.15) is 0 Å². The molecule has 2 rings (SSSR count). The summed E-state index contributed by atoms with van der Waals surface area (Å²) in [5, 5.41) is 0. The third-order valence-electron chi connectivity index (χ3n) is 4.80. The Kier molecular flexibility index (Phi) is 6.23. The largest absolute Gasteiger partial charge is 0.316 e. The van der Waals surface area contributed by atoms with Gasteiger partial charge >= 0.3 is 0 Å². The topological polar surface area (TPSA) is 20.3 Å². The van der Waals surface area contributed by atoms with Gasteiger partial charge in [-0.1, -0.05) is 55.7 Å². The Morgan fingerprint density at radius 3 is 2.36 bits per heavy atom. The fourth-order valence-electron chi connectivity index (χ4n) is 3.50. The van der Waals surface area contributed by atoms with Crippen LogP contribution in [0.25, 0.3) is 0 Å². The normalized spacial score (nSPS) is 26.6. The van der Waals surface area contributed by atoms with E-state index in [4.69, 9.17) is 0 Å². The number of rotatable bonds is 4. The van der Waals surface area contributed by atoms with E-state index in [-0.39, 0.29) is 5.92 Å². The summed E-state index contributed by atoms with van der Waals surface area (Å²) < 4.78 is 0. The Labute approximate surface area is 135 Å². The number of carbonyl (C=O) groups is 1. The standard InChI is InChI=1S/C20H29NO/c1-4-9-16-13-14-19(15-18(16)10-5-2)21(3)20(22)17-11-7-6-8-12-17/h4-5,9-10,13-18H,6-8,11-12H2,1-3H3/b9-4-,10-5-. The molecule has 0 spiro atoms. The van der Waals surface area contributed by atoms with Gasteiger partial charge in [0, 0.05) is 30.5 Å². The first kappa shape index (κ1) is 16.8. The molecule has 1 amide bonds. The van der Waals surface area contributed by atoms with Crippen molar-refractivity contribution in [2.45, 2.75) is 46.0 Å². The lowest BCUT2D eigenvalue weighted by Gasteiger charge is -2.30. The Bertz CT molecular complexity index is 492. The molecule has 0 aromatic carbocycles. The van der Waals surface area contributed by atoms with Gasteiger partial charge in [-0.3, -0.25) is 4.79 Å². The maximum Gasteiger partial charge on any atom is 0.229 e. The molecule has 0 N–H and O–H groups in total. The van der Waals surface area contributed by atoms with Crippen LogP contribution in [-0.2, 0) is 4.79 Å². The molecule has 0 aromatic rings. The van der Waals surface area contributed by atoms with E-state index in [0.717, 1.165) is 18.5 Å². The monoisotopic (exact) mass is 299 g/mol. The van der Waals surface area contributed by atoms with Crippen LogP contribution in [0.4, 0.5) is 0 Å². The fraction of sp³-hybridized carbons (Fsp3) is 0.550. The van der Waals surface area contributed by atoms with Crippen molar-refractivity contribution >= 4 is 5.91 Å². The molecule has 0 heterocycles. The lowest BCUT2D eigenvalue weighted by atomic mass is 9.85. The average Bonchev–Trinajstić information content (AvgIpc) is 2.56. The van der Waals surface area contributed by atoms with Crippen molar-refractivity contribution in [2.24, 2.45) is 17.8 Å².